The van der Waals surface area contributed by atoms with Gasteiger partial charge in [0.1, 0.15) is 0 Å². The van der Waals surface area contributed by atoms with Crippen LogP contribution in [0.2, 0.25) is 0 Å². The topological polar surface area (TPSA) is 88.5 Å². The minimum atomic E-state index is -0.994. The van der Waals surface area contributed by atoms with E-state index in [0.29, 0.717) is 22.0 Å². The Bertz CT molecular complexity index is 651. The molecule has 0 atom stereocenters. The number of benzene rings is 1. The maximum atomic E-state index is 11.5. The number of carbonyl (C=O) groups is 2. The summed E-state index contributed by atoms with van der Waals surface area (Å²) in [6.07, 6.45) is -0.559. The molecule has 6 nitrogen and oxygen atoms in total. The number of carbonyl (C=O) groups excluding carboxylic acids is 1. The number of hydrogen-bond donors (Lipinski definition) is 2. The van der Waals surface area contributed by atoms with E-state index >= 15 is 0 Å². The summed E-state index contributed by atoms with van der Waals surface area (Å²) in [7, 11) is 0. The second-order valence-electron chi connectivity index (χ2n) is 4.62. The molecule has 0 aliphatic heterocycles. The third-order valence-electron chi connectivity index (χ3n) is 2.39. The molecule has 1 aromatic carbocycles. The average Bonchev–Trinajstić information content (AvgIpc) is 2.77. The van der Waals surface area contributed by atoms with Crippen LogP contribution < -0.4 is 5.32 Å². The van der Waals surface area contributed by atoms with Gasteiger partial charge >= 0.3 is 12.1 Å². The lowest BCUT2D eigenvalue weighted by Crippen LogP contribution is -2.16. The van der Waals surface area contributed by atoms with Crippen molar-refractivity contribution in [2.24, 2.45) is 5.92 Å². The fourth-order valence-electron chi connectivity index (χ4n) is 1.48. The normalized spacial score (nSPS) is 10.8. The van der Waals surface area contributed by atoms with Crippen molar-refractivity contribution in [3.8, 4) is 0 Å². The number of aromatic nitrogens is 1. The van der Waals surface area contributed by atoms with Crippen LogP contribution in [0.25, 0.3) is 10.2 Å². The molecule has 0 radical (unpaired) electrons. The smallest absolute Gasteiger partial charge is 0.413 e. The molecule has 0 aliphatic rings. The minimum absolute atomic E-state index is 0.190. The van der Waals surface area contributed by atoms with Gasteiger partial charge in [-0.25, -0.2) is 14.6 Å². The molecular weight excluding hydrogens is 280 g/mol. The number of nitrogens with zero attached hydrogens (tertiary/aromatic N) is 1. The maximum Gasteiger partial charge on any atom is 0.413 e. The number of thiazole rings is 1. The van der Waals surface area contributed by atoms with E-state index in [0.717, 1.165) is 0 Å². The van der Waals surface area contributed by atoms with Crippen molar-refractivity contribution in [3.05, 3.63) is 23.8 Å². The molecule has 0 saturated carbocycles. The number of ether oxygens (including phenoxy) is 1. The number of amides is 1. The molecule has 1 aromatic heterocycles. The van der Waals surface area contributed by atoms with Crippen molar-refractivity contribution in [1.82, 2.24) is 4.98 Å². The Hall–Kier alpha value is -2.15. The van der Waals surface area contributed by atoms with Crippen molar-refractivity contribution < 1.29 is 19.4 Å². The molecule has 0 saturated heterocycles. The fourth-order valence-corrected chi connectivity index (χ4v) is 2.37. The molecule has 2 aromatic rings. The first-order chi connectivity index (χ1) is 9.45. The number of hydrogen-bond acceptors (Lipinski definition) is 5. The van der Waals surface area contributed by atoms with E-state index in [-0.39, 0.29) is 11.5 Å². The van der Waals surface area contributed by atoms with E-state index in [1.165, 1.54) is 23.5 Å². The van der Waals surface area contributed by atoms with Crippen LogP contribution in [-0.2, 0) is 4.74 Å². The lowest BCUT2D eigenvalue weighted by atomic mass is 10.2. The molecule has 0 bridgehead atoms. The van der Waals surface area contributed by atoms with Gasteiger partial charge < -0.3 is 9.84 Å². The van der Waals surface area contributed by atoms with Crippen molar-refractivity contribution >= 4 is 38.7 Å². The van der Waals surface area contributed by atoms with Gasteiger partial charge in [0.25, 0.3) is 0 Å². The quantitative estimate of drug-likeness (QED) is 0.904. The van der Waals surface area contributed by atoms with Crippen molar-refractivity contribution in [2.45, 2.75) is 13.8 Å². The molecule has 2 rings (SSSR count). The molecular formula is C13H14N2O4S. The summed E-state index contributed by atoms with van der Waals surface area (Å²) in [5, 5.41) is 11.8. The first-order valence-electron chi connectivity index (χ1n) is 6.03. The standard InChI is InChI=1S/C13H14N2O4S/c1-7(2)6-19-13(18)15-12-14-9-4-3-8(11(16)17)5-10(9)20-12/h3-5,7H,6H2,1-2H3,(H,16,17)(H,14,15,18). The zero-order valence-electron chi connectivity index (χ0n) is 11.0. The number of carboxylic acid groups (broad SMARTS) is 1. The maximum absolute atomic E-state index is 11.5. The van der Waals surface area contributed by atoms with Gasteiger partial charge in [0.15, 0.2) is 5.13 Å². The second-order valence-corrected chi connectivity index (χ2v) is 5.65. The van der Waals surface area contributed by atoms with Crippen LogP contribution in [0.15, 0.2) is 18.2 Å². The summed E-state index contributed by atoms with van der Waals surface area (Å²) in [6, 6.07) is 4.62. The predicted octanol–water partition coefficient (Wildman–Crippen LogP) is 3.20. The minimum Gasteiger partial charge on any atom is -0.478 e. The third-order valence-corrected chi connectivity index (χ3v) is 3.33. The Morgan fingerprint density at radius 2 is 2.20 bits per heavy atom. The Balaban J connectivity index is 2.11. The van der Waals surface area contributed by atoms with Gasteiger partial charge in [0.2, 0.25) is 0 Å². The number of fused-ring (bicyclic) bond motifs is 1. The van der Waals surface area contributed by atoms with Crippen molar-refractivity contribution in [3.63, 3.8) is 0 Å². The van der Waals surface area contributed by atoms with Crippen LogP contribution in [0, 0.1) is 5.92 Å². The summed E-state index contributed by atoms with van der Waals surface area (Å²) < 4.78 is 5.69. The lowest BCUT2D eigenvalue weighted by Gasteiger charge is -2.06. The number of carboxylic acids is 1. The molecule has 1 amide bonds. The van der Waals surface area contributed by atoms with Gasteiger partial charge in [-0.2, -0.15) is 0 Å². The van der Waals surface area contributed by atoms with E-state index in [4.69, 9.17) is 9.84 Å². The number of aromatic carboxylic acids is 1. The molecule has 0 aliphatic carbocycles. The van der Waals surface area contributed by atoms with Crippen LogP contribution in [0.4, 0.5) is 9.93 Å². The van der Waals surface area contributed by atoms with Crippen molar-refractivity contribution in [1.29, 1.82) is 0 Å². The summed E-state index contributed by atoms with van der Waals surface area (Å²) in [6.45, 7) is 4.22. The Labute approximate surface area is 119 Å². The summed E-state index contributed by atoms with van der Waals surface area (Å²) in [5.74, 6) is -0.736. The second kappa shape index (κ2) is 5.87. The van der Waals surface area contributed by atoms with Gasteiger partial charge in [-0.3, -0.25) is 5.32 Å². The Morgan fingerprint density at radius 1 is 1.45 bits per heavy atom. The van der Waals surface area contributed by atoms with E-state index < -0.39 is 12.1 Å². The zero-order valence-corrected chi connectivity index (χ0v) is 11.9. The van der Waals surface area contributed by atoms with Gasteiger partial charge in [-0.1, -0.05) is 25.2 Å². The Kier molecular flexibility index (Phi) is 4.19. The molecule has 20 heavy (non-hydrogen) atoms. The highest BCUT2D eigenvalue weighted by Gasteiger charge is 2.11. The van der Waals surface area contributed by atoms with Crippen molar-refractivity contribution in [2.75, 3.05) is 11.9 Å². The lowest BCUT2D eigenvalue weighted by molar-refractivity contribution is 0.0697. The number of rotatable bonds is 4. The molecule has 0 spiro atoms. The largest absolute Gasteiger partial charge is 0.478 e. The monoisotopic (exact) mass is 294 g/mol. The fraction of sp³-hybridized carbons (Fsp3) is 0.308. The van der Waals surface area contributed by atoms with E-state index in [1.807, 2.05) is 13.8 Å². The van der Waals surface area contributed by atoms with Crippen LogP contribution in [0.1, 0.15) is 24.2 Å². The van der Waals surface area contributed by atoms with E-state index in [2.05, 4.69) is 10.3 Å². The number of anilines is 1. The first kappa shape index (κ1) is 14.3. The van der Waals surface area contributed by atoms with Crippen LogP contribution in [-0.4, -0.2) is 28.8 Å². The highest BCUT2D eigenvalue weighted by Crippen LogP contribution is 2.26. The summed E-state index contributed by atoms with van der Waals surface area (Å²) in [5.41, 5.74) is 0.828. The van der Waals surface area contributed by atoms with E-state index in [9.17, 15) is 9.59 Å². The SMILES string of the molecule is CC(C)COC(=O)Nc1nc2ccc(C(=O)O)cc2s1. The molecule has 7 heteroatoms. The van der Waals surface area contributed by atoms with Crippen LogP contribution in [0.5, 0.6) is 0 Å². The summed E-state index contributed by atoms with van der Waals surface area (Å²) >= 11 is 1.21. The van der Waals surface area contributed by atoms with Gasteiger partial charge in [0.05, 0.1) is 22.4 Å². The zero-order chi connectivity index (χ0) is 14.7. The molecule has 1 heterocycles. The molecule has 106 valence electrons. The third kappa shape index (κ3) is 3.45. The molecule has 0 fully saturated rings. The predicted molar refractivity (Wildman–Crippen MR) is 76.4 cm³/mol. The summed E-state index contributed by atoms with van der Waals surface area (Å²) in [4.78, 5) is 26.6. The molecule has 2 N–H and O–H groups in total. The van der Waals surface area contributed by atoms with Gasteiger partial charge in [0, 0.05) is 0 Å². The Morgan fingerprint density at radius 3 is 2.85 bits per heavy atom. The van der Waals surface area contributed by atoms with Crippen LogP contribution >= 0.6 is 11.3 Å². The highest BCUT2D eigenvalue weighted by atomic mass is 32.1. The first-order valence-corrected chi connectivity index (χ1v) is 6.85. The van der Waals surface area contributed by atoms with Gasteiger partial charge in [-0.15, -0.1) is 0 Å². The highest BCUT2D eigenvalue weighted by molar-refractivity contribution is 7.22. The molecule has 0 unspecified atom stereocenters. The average molecular weight is 294 g/mol. The van der Waals surface area contributed by atoms with E-state index in [1.54, 1.807) is 6.07 Å². The number of nitrogens with one attached hydrogen (secondary N) is 1. The van der Waals surface area contributed by atoms with Crippen LogP contribution in [0.3, 0.4) is 0 Å². The van der Waals surface area contributed by atoms with Gasteiger partial charge in [-0.05, 0) is 24.1 Å².